The molecule has 5 heteroatoms. The second kappa shape index (κ2) is 18.2. The molecule has 1 fully saturated rings. The second-order valence-corrected chi connectivity index (χ2v) is 9.35. The van der Waals surface area contributed by atoms with Crippen LogP contribution < -0.4 is 0 Å². The third-order valence-corrected chi connectivity index (χ3v) is 6.66. The number of ketones is 2. The van der Waals surface area contributed by atoms with Gasteiger partial charge in [-0.15, -0.1) is 0 Å². The molecule has 0 amide bonds. The maximum atomic E-state index is 12.8. The van der Waals surface area contributed by atoms with Crippen molar-refractivity contribution in [2.75, 3.05) is 13.2 Å². The van der Waals surface area contributed by atoms with Crippen molar-refractivity contribution in [3.8, 4) is 0 Å². The fraction of sp³-hybridized carbons (Fsp3) is 0.889. The lowest BCUT2D eigenvalue weighted by Gasteiger charge is -2.24. The maximum absolute atomic E-state index is 12.8. The number of unbranched alkanes of at least 4 members (excludes halogenated alkanes) is 7. The Morgan fingerprint density at radius 3 is 2.22 bits per heavy atom. The Morgan fingerprint density at radius 2 is 1.50 bits per heavy atom. The van der Waals surface area contributed by atoms with Crippen molar-refractivity contribution in [2.45, 2.75) is 130 Å². The molecule has 5 nitrogen and oxygen atoms in total. The number of ether oxygens (including phenoxy) is 2. The smallest absolute Gasteiger partial charge is 0.305 e. The molecule has 0 N–H and O–H groups in total. The Hall–Kier alpha value is -1.23. The highest BCUT2D eigenvalue weighted by atomic mass is 16.5. The molecular weight excluding hydrogens is 404 g/mol. The number of hydrogen-bond acceptors (Lipinski definition) is 5. The van der Waals surface area contributed by atoms with E-state index in [-0.39, 0.29) is 23.9 Å². The first kappa shape index (κ1) is 28.8. The summed E-state index contributed by atoms with van der Waals surface area (Å²) in [5.41, 5.74) is 0. The summed E-state index contributed by atoms with van der Waals surface area (Å²) < 4.78 is 11.1. The highest BCUT2D eigenvalue weighted by molar-refractivity contribution is 5.84. The molecule has 1 aliphatic carbocycles. The van der Waals surface area contributed by atoms with Crippen molar-refractivity contribution < 1.29 is 23.9 Å². The molecule has 32 heavy (non-hydrogen) atoms. The van der Waals surface area contributed by atoms with Gasteiger partial charge in [0, 0.05) is 38.2 Å². The quantitative estimate of drug-likeness (QED) is 0.154. The van der Waals surface area contributed by atoms with Crippen LogP contribution in [0.5, 0.6) is 0 Å². The van der Waals surface area contributed by atoms with E-state index in [4.69, 9.17) is 9.47 Å². The van der Waals surface area contributed by atoms with Crippen LogP contribution in [0.25, 0.3) is 0 Å². The molecule has 0 aromatic rings. The molecule has 186 valence electrons. The summed E-state index contributed by atoms with van der Waals surface area (Å²) in [5, 5.41) is 0. The predicted molar refractivity (Wildman–Crippen MR) is 129 cm³/mol. The molecule has 1 rings (SSSR count). The van der Waals surface area contributed by atoms with Crippen molar-refractivity contribution >= 4 is 17.5 Å². The highest BCUT2D eigenvalue weighted by Gasteiger charge is 2.42. The first-order chi connectivity index (χ1) is 15.5. The van der Waals surface area contributed by atoms with E-state index < -0.39 is 0 Å². The SMILES string of the molecule is CCCCCOC1CC(=O)C(CCCCCCC(=O)OCC)C1CCC(=O)CCCCC. The van der Waals surface area contributed by atoms with Crippen LogP contribution >= 0.6 is 0 Å². The molecule has 3 atom stereocenters. The average molecular weight is 453 g/mol. The van der Waals surface area contributed by atoms with E-state index in [0.717, 1.165) is 77.0 Å². The van der Waals surface area contributed by atoms with E-state index in [2.05, 4.69) is 13.8 Å². The first-order valence-corrected chi connectivity index (χ1v) is 13.3. The predicted octanol–water partition coefficient (Wildman–Crippen LogP) is 6.60. The summed E-state index contributed by atoms with van der Waals surface area (Å²) in [4.78, 5) is 36.6. The van der Waals surface area contributed by atoms with Gasteiger partial charge in [0.1, 0.15) is 11.6 Å². The maximum Gasteiger partial charge on any atom is 0.305 e. The third kappa shape index (κ3) is 12.1. The normalized spacial score (nSPS) is 20.6. The van der Waals surface area contributed by atoms with Crippen molar-refractivity contribution in [3.05, 3.63) is 0 Å². The van der Waals surface area contributed by atoms with Crippen LogP contribution in [0, 0.1) is 11.8 Å². The van der Waals surface area contributed by atoms with Gasteiger partial charge in [0.25, 0.3) is 0 Å². The van der Waals surface area contributed by atoms with Crippen LogP contribution in [-0.2, 0) is 23.9 Å². The topological polar surface area (TPSA) is 69.7 Å². The van der Waals surface area contributed by atoms with Crippen molar-refractivity contribution in [2.24, 2.45) is 11.8 Å². The number of carbonyl (C=O) groups excluding carboxylic acids is 3. The van der Waals surface area contributed by atoms with Gasteiger partial charge >= 0.3 is 5.97 Å². The minimum Gasteiger partial charge on any atom is -0.466 e. The lowest BCUT2D eigenvalue weighted by molar-refractivity contribution is -0.143. The third-order valence-electron chi connectivity index (χ3n) is 6.66. The Morgan fingerprint density at radius 1 is 0.812 bits per heavy atom. The standard InChI is InChI=1S/C27H48O5/c1-4-7-11-15-22(28)18-19-24-23(16-12-9-10-13-17-27(30)31-6-3)25(29)21-26(24)32-20-14-8-5-2/h23-24,26H,4-21H2,1-3H3. The van der Waals surface area contributed by atoms with E-state index in [0.29, 0.717) is 50.5 Å². The minimum absolute atomic E-state index is 0.0170. The van der Waals surface area contributed by atoms with E-state index >= 15 is 0 Å². The van der Waals surface area contributed by atoms with Gasteiger partial charge in [0.15, 0.2) is 0 Å². The fourth-order valence-electron chi connectivity index (χ4n) is 4.78. The molecule has 1 saturated carbocycles. The molecule has 0 aromatic carbocycles. The Balaban J connectivity index is 2.49. The van der Waals surface area contributed by atoms with Gasteiger partial charge in [-0.3, -0.25) is 14.4 Å². The minimum atomic E-state index is -0.120. The van der Waals surface area contributed by atoms with Gasteiger partial charge < -0.3 is 9.47 Å². The van der Waals surface area contributed by atoms with Crippen LogP contribution in [0.3, 0.4) is 0 Å². The van der Waals surface area contributed by atoms with Crippen molar-refractivity contribution in [1.82, 2.24) is 0 Å². The zero-order chi connectivity index (χ0) is 23.6. The zero-order valence-corrected chi connectivity index (χ0v) is 21.0. The number of hydrogen-bond donors (Lipinski definition) is 0. The lowest BCUT2D eigenvalue weighted by Crippen LogP contribution is -2.24. The van der Waals surface area contributed by atoms with Gasteiger partial charge in [-0.25, -0.2) is 0 Å². The molecule has 0 aromatic heterocycles. The molecule has 0 saturated heterocycles. The fourth-order valence-corrected chi connectivity index (χ4v) is 4.78. The summed E-state index contributed by atoms with van der Waals surface area (Å²) in [6.07, 6.45) is 14.3. The van der Waals surface area contributed by atoms with Crippen LogP contribution in [-0.4, -0.2) is 36.9 Å². The van der Waals surface area contributed by atoms with E-state index in [1.54, 1.807) is 0 Å². The number of esters is 1. The van der Waals surface area contributed by atoms with Crippen molar-refractivity contribution in [3.63, 3.8) is 0 Å². The van der Waals surface area contributed by atoms with Gasteiger partial charge in [0.05, 0.1) is 12.7 Å². The molecule has 0 aliphatic heterocycles. The van der Waals surface area contributed by atoms with Crippen LogP contribution in [0.1, 0.15) is 124 Å². The monoisotopic (exact) mass is 452 g/mol. The molecule has 0 radical (unpaired) electrons. The summed E-state index contributed by atoms with van der Waals surface area (Å²) in [6.45, 7) is 7.30. The van der Waals surface area contributed by atoms with Crippen molar-refractivity contribution in [1.29, 1.82) is 0 Å². The van der Waals surface area contributed by atoms with E-state index in [1.807, 2.05) is 6.92 Å². The number of Topliss-reactive ketones (excluding diaryl/α,β-unsaturated/α-hetero) is 2. The summed E-state index contributed by atoms with van der Waals surface area (Å²) in [5.74, 6) is 0.740. The highest BCUT2D eigenvalue weighted by Crippen LogP contribution is 2.38. The Labute approximate surface area is 196 Å². The number of rotatable bonds is 20. The summed E-state index contributed by atoms with van der Waals surface area (Å²) >= 11 is 0. The van der Waals surface area contributed by atoms with Crippen LogP contribution in [0.4, 0.5) is 0 Å². The Kier molecular flexibility index (Phi) is 16.4. The molecule has 1 aliphatic rings. The van der Waals surface area contributed by atoms with Crippen LogP contribution in [0.15, 0.2) is 0 Å². The second-order valence-electron chi connectivity index (χ2n) is 9.35. The van der Waals surface area contributed by atoms with E-state index in [9.17, 15) is 14.4 Å². The van der Waals surface area contributed by atoms with Gasteiger partial charge in [-0.05, 0) is 44.9 Å². The first-order valence-electron chi connectivity index (χ1n) is 13.3. The van der Waals surface area contributed by atoms with Gasteiger partial charge in [0.2, 0.25) is 0 Å². The molecule has 0 bridgehead atoms. The Bertz CT molecular complexity index is 530. The van der Waals surface area contributed by atoms with Gasteiger partial charge in [-0.2, -0.15) is 0 Å². The lowest BCUT2D eigenvalue weighted by atomic mass is 9.85. The van der Waals surface area contributed by atoms with E-state index in [1.165, 1.54) is 0 Å². The number of carbonyl (C=O) groups is 3. The largest absolute Gasteiger partial charge is 0.466 e. The summed E-state index contributed by atoms with van der Waals surface area (Å²) in [6, 6.07) is 0. The van der Waals surface area contributed by atoms with Gasteiger partial charge in [-0.1, -0.05) is 58.8 Å². The van der Waals surface area contributed by atoms with Crippen LogP contribution in [0.2, 0.25) is 0 Å². The summed E-state index contributed by atoms with van der Waals surface area (Å²) in [7, 11) is 0. The molecule has 0 spiro atoms. The molecule has 0 heterocycles. The average Bonchev–Trinajstić information content (AvgIpc) is 3.06. The zero-order valence-electron chi connectivity index (χ0n) is 21.0. The molecule has 3 unspecified atom stereocenters. The molecular formula is C27H48O5.